The van der Waals surface area contributed by atoms with Crippen molar-refractivity contribution in [3.05, 3.63) is 63.1 Å². The van der Waals surface area contributed by atoms with Crippen molar-refractivity contribution in [1.82, 2.24) is 10.3 Å². The lowest BCUT2D eigenvalue weighted by Crippen LogP contribution is -2.29. The van der Waals surface area contributed by atoms with Crippen molar-refractivity contribution in [1.29, 1.82) is 0 Å². The van der Waals surface area contributed by atoms with Gasteiger partial charge in [0.1, 0.15) is 0 Å². The number of hydrogen-bond donors (Lipinski definition) is 3. The fraction of sp³-hybridized carbons (Fsp3) is 0.316. The van der Waals surface area contributed by atoms with Crippen molar-refractivity contribution in [2.45, 2.75) is 27.3 Å². The van der Waals surface area contributed by atoms with E-state index in [1.165, 1.54) is 11.8 Å². The Bertz CT molecular complexity index is 844. The summed E-state index contributed by atoms with van der Waals surface area (Å²) in [7, 11) is 0. The van der Waals surface area contributed by atoms with E-state index in [0.29, 0.717) is 5.56 Å². The van der Waals surface area contributed by atoms with Crippen LogP contribution in [-0.2, 0) is 16.1 Å². The van der Waals surface area contributed by atoms with E-state index in [9.17, 15) is 14.4 Å². The van der Waals surface area contributed by atoms with Crippen molar-refractivity contribution in [2.24, 2.45) is 0 Å². The number of pyridine rings is 1. The summed E-state index contributed by atoms with van der Waals surface area (Å²) >= 11 is 1.23. The van der Waals surface area contributed by atoms with Gasteiger partial charge in [-0.1, -0.05) is 17.7 Å². The molecule has 0 saturated carbocycles. The van der Waals surface area contributed by atoms with Crippen LogP contribution in [0, 0.1) is 20.8 Å². The molecule has 0 atom stereocenters. The normalized spacial score (nSPS) is 10.4. The van der Waals surface area contributed by atoms with Crippen molar-refractivity contribution in [3.8, 4) is 0 Å². The molecule has 0 unspecified atom stereocenters. The number of aryl methyl sites for hydroxylation is 3. The van der Waals surface area contributed by atoms with Crippen LogP contribution in [0.2, 0.25) is 0 Å². The van der Waals surface area contributed by atoms with E-state index < -0.39 is 0 Å². The minimum atomic E-state index is -0.211. The van der Waals surface area contributed by atoms with Gasteiger partial charge in [0.15, 0.2) is 0 Å². The predicted molar refractivity (Wildman–Crippen MR) is 106 cm³/mol. The summed E-state index contributed by atoms with van der Waals surface area (Å²) in [6.07, 6.45) is 0. The van der Waals surface area contributed by atoms with E-state index in [1.54, 1.807) is 0 Å². The number of aromatic amines is 1. The van der Waals surface area contributed by atoms with Gasteiger partial charge in [-0.2, -0.15) is 0 Å². The first-order valence-corrected chi connectivity index (χ1v) is 9.41. The summed E-state index contributed by atoms with van der Waals surface area (Å²) in [5.41, 5.74) is 3.85. The number of carbonyl (C=O) groups excluding carboxylic acids is 2. The molecule has 0 bridgehead atoms. The van der Waals surface area contributed by atoms with Crippen LogP contribution < -0.4 is 16.2 Å². The molecule has 6 nitrogen and oxygen atoms in total. The standard InChI is InChI=1S/C19H23N3O3S/c1-12-4-6-15(7-5-12)22-18(24)11-26-10-17(23)20-9-16-13(2)8-14(3)21-19(16)25/h4-8H,9-11H2,1-3H3,(H,20,23)(H,21,25)(H,22,24). The van der Waals surface area contributed by atoms with Crippen molar-refractivity contribution < 1.29 is 9.59 Å². The summed E-state index contributed by atoms with van der Waals surface area (Å²) in [4.78, 5) is 38.4. The lowest BCUT2D eigenvalue weighted by Gasteiger charge is -2.08. The molecule has 0 aliphatic heterocycles. The average Bonchev–Trinajstić information content (AvgIpc) is 2.56. The summed E-state index contributed by atoms with van der Waals surface area (Å²) in [6.45, 7) is 5.81. The number of thioether (sulfide) groups is 1. The van der Waals surface area contributed by atoms with E-state index in [1.807, 2.05) is 51.1 Å². The molecule has 2 rings (SSSR count). The highest BCUT2D eigenvalue weighted by molar-refractivity contribution is 8.00. The van der Waals surface area contributed by atoms with Crippen LogP contribution in [0.4, 0.5) is 5.69 Å². The van der Waals surface area contributed by atoms with E-state index in [0.717, 1.165) is 22.5 Å². The zero-order valence-corrected chi connectivity index (χ0v) is 16.0. The first-order valence-electron chi connectivity index (χ1n) is 8.25. The number of aromatic nitrogens is 1. The molecule has 0 aliphatic carbocycles. The fourth-order valence-electron chi connectivity index (χ4n) is 2.41. The number of rotatable bonds is 7. The number of amides is 2. The van der Waals surface area contributed by atoms with E-state index in [4.69, 9.17) is 0 Å². The second-order valence-corrected chi connectivity index (χ2v) is 7.11. The first-order chi connectivity index (χ1) is 12.3. The van der Waals surface area contributed by atoms with Gasteiger partial charge in [0, 0.05) is 23.5 Å². The highest BCUT2D eigenvalue weighted by Gasteiger charge is 2.09. The molecule has 1 aromatic heterocycles. The third-order valence-electron chi connectivity index (χ3n) is 3.76. The molecule has 0 spiro atoms. The Kier molecular flexibility index (Phi) is 7.03. The van der Waals surface area contributed by atoms with Gasteiger partial charge in [0.2, 0.25) is 11.8 Å². The minimum absolute atomic E-state index is 0.155. The molecule has 3 N–H and O–H groups in total. The van der Waals surface area contributed by atoms with Gasteiger partial charge in [0.25, 0.3) is 5.56 Å². The van der Waals surface area contributed by atoms with Gasteiger partial charge in [-0.05, 0) is 44.5 Å². The number of hydrogen-bond acceptors (Lipinski definition) is 4. The SMILES string of the molecule is Cc1ccc(NC(=O)CSCC(=O)NCc2c(C)cc(C)[nH]c2=O)cc1. The monoisotopic (exact) mass is 373 g/mol. The number of anilines is 1. The Morgan fingerprint density at radius 1 is 1.04 bits per heavy atom. The van der Waals surface area contributed by atoms with Gasteiger partial charge >= 0.3 is 0 Å². The third kappa shape index (κ3) is 6.07. The number of nitrogens with one attached hydrogen (secondary N) is 3. The molecule has 0 fully saturated rings. The van der Waals surface area contributed by atoms with Gasteiger partial charge < -0.3 is 15.6 Å². The lowest BCUT2D eigenvalue weighted by atomic mass is 10.1. The lowest BCUT2D eigenvalue weighted by molar-refractivity contribution is -0.118. The highest BCUT2D eigenvalue weighted by atomic mass is 32.2. The number of benzene rings is 1. The quantitative estimate of drug-likeness (QED) is 0.694. The second-order valence-electron chi connectivity index (χ2n) is 6.13. The van der Waals surface area contributed by atoms with Gasteiger partial charge in [-0.3, -0.25) is 14.4 Å². The Hall–Kier alpha value is -2.54. The molecule has 138 valence electrons. The molecule has 2 aromatic rings. The summed E-state index contributed by atoms with van der Waals surface area (Å²) in [6, 6.07) is 9.39. The summed E-state index contributed by atoms with van der Waals surface area (Å²) in [5.74, 6) is -0.0229. The summed E-state index contributed by atoms with van der Waals surface area (Å²) in [5, 5.41) is 5.50. The van der Waals surface area contributed by atoms with Gasteiger partial charge in [-0.15, -0.1) is 11.8 Å². The van der Waals surface area contributed by atoms with Crippen LogP contribution in [0.15, 0.2) is 35.1 Å². The maximum absolute atomic E-state index is 11.9. The topological polar surface area (TPSA) is 91.1 Å². The zero-order chi connectivity index (χ0) is 19.1. The Morgan fingerprint density at radius 2 is 1.69 bits per heavy atom. The van der Waals surface area contributed by atoms with Crippen LogP contribution in [-0.4, -0.2) is 28.3 Å². The number of carbonyl (C=O) groups is 2. The molecule has 7 heteroatoms. The predicted octanol–water partition coefficient (Wildman–Crippen LogP) is 2.29. The molecular formula is C19H23N3O3S. The molecule has 2 amide bonds. The van der Waals surface area contributed by atoms with Crippen LogP contribution in [0.25, 0.3) is 0 Å². The minimum Gasteiger partial charge on any atom is -0.351 e. The smallest absolute Gasteiger partial charge is 0.253 e. The molecule has 0 saturated heterocycles. The molecular weight excluding hydrogens is 350 g/mol. The maximum atomic E-state index is 11.9. The second kappa shape index (κ2) is 9.24. The molecule has 0 radical (unpaired) electrons. The van der Waals surface area contributed by atoms with Crippen molar-refractivity contribution in [2.75, 3.05) is 16.8 Å². The van der Waals surface area contributed by atoms with E-state index in [-0.39, 0.29) is 35.4 Å². The molecule has 1 heterocycles. The molecule has 0 aliphatic rings. The van der Waals surface area contributed by atoms with Gasteiger partial charge in [-0.25, -0.2) is 0 Å². The van der Waals surface area contributed by atoms with E-state index in [2.05, 4.69) is 15.6 Å². The van der Waals surface area contributed by atoms with Crippen LogP contribution in [0.1, 0.15) is 22.4 Å². The van der Waals surface area contributed by atoms with Crippen LogP contribution in [0.5, 0.6) is 0 Å². The Morgan fingerprint density at radius 3 is 2.35 bits per heavy atom. The van der Waals surface area contributed by atoms with E-state index >= 15 is 0 Å². The van der Waals surface area contributed by atoms with Gasteiger partial charge in [0.05, 0.1) is 11.5 Å². The fourth-order valence-corrected chi connectivity index (χ4v) is 3.06. The van der Waals surface area contributed by atoms with Crippen LogP contribution >= 0.6 is 11.8 Å². The van der Waals surface area contributed by atoms with Crippen molar-refractivity contribution in [3.63, 3.8) is 0 Å². The van der Waals surface area contributed by atoms with Crippen molar-refractivity contribution >= 4 is 29.3 Å². The molecule has 26 heavy (non-hydrogen) atoms. The number of H-pyrrole nitrogens is 1. The Balaban J connectivity index is 1.73. The average molecular weight is 373 g/mol. The largest absolute Gasteiger partial charge is 0.351 e. The first kappa shape index (κ1) is 19.8. The van der Waals surface area contributed by atoms with Crippen LogP contribution in [0.3, 0.4) is 0 Å². The summed E-state index contributed by atoms with van der Waals surface area (Å²) < 4.78 is 0. The maximum Gasteiger partial charge on any atom is 0.253 e. The highest BCUT2D eigenvalue weighted by Crippen LogP contribution is 2.10. The molecule has 1 aromatic carbocycles. The third-order valence-corrected chi connectivity index (χ3v) is 4.69. The zero-order valence-electron chi connectivity index (χ0n) is 15.1. The Labute approximate surface area is 156 Å².